The van der Waals surface area contributed by atoms with E-state index >= 15 is 0 Å². The number of aromatic nitrogens is 3. The highest BCUT2D eigenvalue weighted by Gasteiger charge is 2.45. The molecule has 8 nitrogen and oxygen atoms in total. The average molecular weight is 385 g/mol. The number of anilines is 1. The smallest absolute Gasteiger partial charge is 0.154 e. The van der Waals surface area contributed by atoms with Crippen molar-refractivity contribution in [3.8, 4) is 5.75 Å². The molecule has 1 aromatic carbocycles. The number of hydrogen-bond acceptors (Lipinski definition) is 7. The van der Waals surface area contributed by atoms with Gasteiger partial charge in [0.15, 0.2) is 5.82 Å². The van der Waals surface area contributed by atoms with E-state index in [1.807, 2.05) is 18.2 Å². The zero-order chi connectivity index (χ0) is 19.4. The number of aliphatic hydroxyl groups is 2. The first kappa shape index (κ1) is 17.4. The molecule has 2 aromatic heterocycles. The molecule has 0 spiro atoms. The molecular formula is C19H20FN5O3. The third-order valence-electron chi connectivity index (χ3n) is 5.67. The molecule has 28 heavy (non-hydrogen) atoms. The summed E-state index contributed by atoms with van der Waals surface area (Å²) < 4.78 is 22.0. The summed E-state index contributed by atoms with van der Waals surface area (Å²) in [6.07, 6.45) is -0.0950. The maximum Gasteiger partial charge on any atom is 0.154 e. The van der Waals surface area contributed by atoms with Crippen LogP contribution in [0.2, 0.25) is 0 Å². The Hall–Kier alpha value is -2.75. The fraction of sp³-hybridized carbons (Fsp3) is 0.368. The minimum atomic E-state index is -1.13. The van der Waals surface area contributed by atoms with Crippen LogP contribution in [-0.2, 0) is 13.1 Å². The van der Waals surface area contributed by atoms with Crippen molar-refractivity contribution in [2.24, 2.45) is 0 Å². The molecule has 1 aliphatic heterocycles. The van der Waals surface area contributed by atoms with Crippen molar-refractivity contribution in [2.45, 2.75) is 43.9 Å². The van der Waals surface area contributed by atoms with E-state index in [9.17, 15) is 14.6 Å². The molecule has 0 saturated heterocycles. The normalized spacial score (nSPS) is 26.7. The largest absolute Gasteiger partial charge is 0.487 e. The van der Waals surface area contributed by atoms with Gasteiger partial charge in [-0.25, -0.2) is 14.4 Å². The summed E-state index contributed by atoms with van der Waals surface area (Å²) in [6.45, 7) is 1.48. The van der Waals surface area contributed by atoms with Crippen molar-refractivity contribution in [2.75, 3.05) is 5.73 Å². The van der Waals surface area contributed by atoms with Gasteiger partial charge in [0, 0.05) is 31.3 Å². The molecule has 1 aliphatic carbocycles. The molecule has 3 heterocycles. The van der Waals surface area contributed by atoms with Gasteiger partial charge < -0.3 is 30.6 Å². The molecular weight excluding hydrogens is 365 g/mol. The zero-order valence-corrected chi connectivity index (χ0v) is 14.9. The number of halogens is 1. The number of nitrogens with two attached hydrogens (primary N) is 1. The van der Waals surface area contributed by atoms with E-state index in [0.29, 0.717) is 18.7 Å². The van der Waals surface area contributed by atoms with E-state index in [0.717, 1.165) is 17.7 Å². The molecule has 2 aliphatic rings. The molecule has 5 N–H and O–H groups in total. The zero-order valence-electron chi connectivity index (χ0n) is 14.9. The molecule has 0 radical (unpaired) electrons. The Labute approximate surface area is 159 Å². The van der Waals surface area contributed by atoms with Crippen LogP contribution in [0.15, 0.2) is 30.7 Å². The van der Waals surface area contributed by atoms with Crippen molar-refractivity contribution in [1.29, 1.82) is 0 Å². The van der Waals surface area contributed by atoms with Crippen LogP contribution in [0.4, 0.5) is 10.2 Å². The van der Waals surface area contributed by atoms with Crippen LogP contribution in [0.1, 0.15) is 23.6 Å². The van der Waals surface area contributed by atoms with Crippen molar-refractivity contribution in [3.05, 3.63) is 47.7 Å². The molecule has 146 valence electrons. The van der Waals surface area contributed by atoms with Gasteiger partial charge in [-0.05, 0) is 11.6 Å². The Morgan fingerprint density at radius 2 is 2.07 bits per heavy atom. The van der Waals surface area contributed by atoms with Crippen molar-refractivity contribution in [1.82, 2.24) is 19.9 Å². The van der Waals surface area contributed by atoms with Crippen LogP contribution in [0.25, 0.3) is 11.0 Å². The Morgan fingerprint density at radius 1 is 1.21 bits per heavy atom. The average Bonchev–Trinajstić information content (AvgIpc) is 3.36. The summed E-state index contributed by atoms with van der Waals surface area (Å²) >= 11 is 0. The molecule has 1 fully saturated rings. The number of ether oxygens (including phenoxy) is 1. The molecule has 0 amide bonds. The summed E-state index contributed by atoms with van der Waals surface area (Å²) in [7, 11) is 0. The molecule has 0 bridgehead atoms. The first-order chi connectivity index (χ1) is 13.5. The number of rotatable bonds is 3. The maximum atomic E-state index is 14.4. The van der Waals surface area contributed by atoms with Crippen LogP contribution >= 0.6 is 0 Å². The van der Waals surface area contributed by atoms with Crippen LogP contribution in [0.3, 0.4) is 0 Å². The lowest BCUT2D eigenvalue weighted by Gasteiger charge is -2.20. The van der Waals surface area contributed by atoms with Crippen molar-refractivity contribution in [3.63, 3.8) is 0 Å². The second-order valence-electron chi connectivity index (χ2n) is 7.28. The fourth-order valence-corrected chi connectivity index (χ4v) is 4.25. The fourth-order valence-electron chi connectivity index (χ4n) is 4.25. The topological polar surface area (TPSA) is 118 Å². The number of benzene rings is 1. The Balaban J connectivity index is 1.47. The van der Waals surface area contributed by atoms with Gasteiger partial charge in [-0.1, -0.05) is 12.1 Å². The van der Waals surface area contributed by atoms with Crippen molar-refractivity contribution < 1.29 is 19.3 Å². The molecule has 5 rings (SSSR count). The minimum Gasteiger partial charge on any atom is -0.487 e. The van der Waals surface area contributed by atoms with E-state index in [2.05, 4.69) is 15.3 Å². The van der Waals surface area contributed by atoms with E-state index < -0.39 is 30.2 Å². The molecule has 1 saturated carbocycles. The van der Waals surface area contributed by atoms with Gasteiger partial charge in [-0.15, -0.1) is 0 Å². The number of nitrogens with zero attached hydrogens (tertiary/aromatic N) is 3. The second kappa shape index (κ2) is 6.40. The predicted octanol–water partition coefficient (Wildman–Crippen LogP) is 0.870. The predicted molar refractivity (Wildman–Crippen MR) is 99.0 cm³/mol. The van der Waals surface area contributed by atoms with Gasteiger partial charge in [-0.2, -0.15) is 0 Å². The Bertz CT molecular complexity index is 1060. The van der Waals surface area contributed by atoms with E-state index in [1.165, 1.54) is 17.1 Å². The van der Waals surface area contributed by atoms with Crippen LogP contribution < -0.4 is 15.8 Å². The van der Waals surface area contributed by atoms with E-state index in [4.69, 9.17) is 10.5 Å². The third-order valence-corrected chi connectivity index (χ3v) is 5.67. The molecule has 9 heteroatoms. The number of hydrogen-bond donors (Lipinski definition) is 4. The molecule has 2 unspecified atom stereocenters. The monoisotopic (exact) mass is 385 g/mol. The van der Waals surface area contributed by atoms with Gasteiger partial charge in [0.2, 0.25) is 0 Å². The van der Waals surface area contributed by atoms with Gasteiger partial charge in [0.05, 0.1) is 11.4 Å². The highest BCUT2D eigenvalue weighted by Crippen LogP contribution is 2.38. The van der Waals surface area contributed by atoms with E-state index in [1.54, 1.807) is 0 Å². The lowest BCUT2D eigenvalue weighted by molar-refractivity contribution is -0.0166. The number of nitrogen functional groups attached to an aromatic ring is 1. The SMILES string of the molecule is Nc1ncnc2c1c(F)cn2C1CC(Oc2cccc3c2CNC3)[C@@H](O)[C@H]1O. The maximum absolute atomic E-state index is 14.4. The highest BCUT2D eigenvalue weighted by atomic mass is 19.1. The van der Waals surface area contributed by atoms with Crippen molar-refractivity contribution >= 4 is 16.9 Å². The minimum absolute atomic E-state index is 0.0365. The lowest BCUT2D eigenvalue weighted by Crippen LogP contribution is -2.34. The number of nitrogens with one attached hydrogen (secondary N) is 1. The van der Waals surface area contributed by atoms with Gasteiger partial charge in [0.25, 0.3) is 0 Å². The summed E-state index contributed by atoms with van der Waals surface area (Å²) in [6, 6.07) is 5.20. The lowest BCUT2D eigenvalue weighted by atomic mass is 10.1. The quantitative estimate of drug-likeness (QED) is 0.528. The third kappa shape index (κ3) is 2.55. The van der Waals surface area contributed by atoms with Crippen LogP contribution in [-0.4, -0.2) is 43.1 Å². The molecule has 4 atom stereocenters. The highest BCUT2D eigenvalue weighted by molar-refractivity contribution is 5.86. The summed E-state index contributed by atoms with van der Waals surface area (Å²) in [5, 5.41) is 24.6. The second-order valence-corrected chi connectivity index (χ2v) is 7.28. The van der Waals surface area contributed by atoms with Gasteiger partial charge in [0.1, 0.15) is 41.9 Å². The Morgan fingerprint density at radius 3 is 2.93 bits per heavy atom. The van der Waals surface area contributed by atoms with Crippen LogP contribution in [0.5, 0.6) is 5.75 Å². The Kier molecular flexibility index (Phi) is 3.97. The molecule has 3 aromatic rings. The number of aliphatic hydroxyl groups excluding tert-OH is 2. The van der Waals surface area contributed by atoms with Gasteiger partial charge >= 0.3 is 0 Å². The van der Waals surface area contributed by atoms with Crippen LogP contribution in [0, 0.1) is 5.82 Å². The summed E-state index contributed by atoms with van der Waals surface area (Å²) in [4.78, 5) is 7.93. The first-order valence-electron chi connectivity index (χ1n) is 9.15. The van der Waals surface area contributed by atoms with E-state index in [-0.39, 0.29) is 16.9 Å². The van der Waals surface area contributed by atoms with Gasteiger partial charge in [-0.3, -0.25) is 0 Å². The standard InChI is InChI=1S/C19H20FN5O3/c20-11-7-25(19-15(11)18(21)23-8-24-19)12-4-14(17(27)16(12)26)28-13-3-1-2-9-5-22-6-10(9)13/h1-3,7-8,12,14,16-17,22,26-27H,4-6H2,(H2,21,23,24)/t12?,14?,16-,17+/m0/s1. The summed E-state index contributed by atoms with van der Waals surface area (Å²) in [5.74, 6) is 0.162. The first-order valence-corrected chi connectivity index (χ1v) is 9.15. The summed E-state index contributed by atoms with van der Waals surface area (Å²) in [5.41, 5.74) is 8.27. The number of fused-ring (bicyclic) bond motifs is 2.